The Kier molecular flexibility index (Phi) is 4.49. The summed E-state index contributed by atoms with van der Waals surface area (Å²) in [6.45, 7) is 1.06. The highest BCUT2D eigenvalue weighted by molar-refractivity contribution is 7.10. The molecule has 1 fully saturated rings. The minimum absolute atomic E-state index is 0.0123. The summed E-state index contributed by atoms with van der Waals surface area (Å²) in [7, 11) is 0. The molecular formula is C16H16F2N2OS. The first-order valence-electron chi connectivity index (χ1n) is 7.16. The van der Waals surface area contributed by atoms with Crippen molar-refractivity contribution < 1.29 is 13.6 Å². The Hall–Kier alpha value is -1.79. The molecule has 1 amide bonds. The normalized spacial score (nSPS) is 18.5. The van der Waals surface area contributed by atoms with Crippen molar-refractivity contribution in [1.29, 1.82) is 0 Å². The van der Waals surface area contributed by atoms with Crippen LogP contribution in [-0.2, 0) is 4.79 Å². The van der Waals surface area contributed by atoms with Gasteiger partial charge in [-0.3, -0.25) is 9.69 Å². The van der Waals surface area contributed by atoms with Crippen LogP contribution in [0.4, 0.5) is 14.5 Å². The molecule has 0 spiro atoms. The summed E-state index contributed by atoms with van der Waals surface area (Å²) in [6.07, 6.45) is 2.07. The zero-order valence-electron chi connectivity index (χ0n) is 11.9. The van der Waals surface area contributed by atoms with Gasteiger partial charge in [-0.25, -0.2) is 8.78 Å². The number of hydrogen-bond acceptors (Lipinski definition) is 3. The minimum atomic E-state index is -0.760. The van der Waals surface area contributed by atoms with E-state index in [4.69, 9.17) is 0 Å². The van der Waals surface area contributed by atoms with E-state index in [9.17, 15) is 13.6 Å². The lowest BCUT2D eigenvalue weighted by Crippen LogP contribution is -2.32. The van der Waals surface area contributed by atoms with E-state index in [0.717, 1.165) is 31.5 Å². The van der Waals surface area contributed by atoms with Crippen LogP contribution in [0.3, 0.4) is 0 Å². The van der Waals surface area contributed by atoms with Crippen molar-refractivity contribution in [2.24, 2.45) is 0 Å². The molecule has 116 valence electrons. The molecule has 3 nitrogen and oxygen atoms in total. The molecule has 1 saturated heterocycles. The molecule has 3 rings (SSSR count). The number of carbonyl (C=O) groups is 1. The van der Waals surface area contributed by atoms with Crippen LogP contribution in [0.25, 0.3) is 0 Å². The number of rotatable bonds is 4. The Labute approximate surface area is 131 Å². The number of nitrogens with one attached hydrogen (secondary N) is 1. The quantitative estimate of drug-likeness (QED) is 0.928. The summed E-state index contributed by atoms with van der Waals surface area (Å²) < 4.78 is 26.4. The zero-order valence-corrected chi connectivity index (χ0v) is 12.7. The molecule has 0 unspecified atom stereocenters. The van der Waals surface area contributed by atoms with Gasteiger partial charge >= 0.3 is 0 Å². The number of benzene rings is 1. The second kappa shape index (κ2) is 6.54. The molecule has 1 N–H and O–H groups in total. The van der Waals surface area contributed by atoms with Crippen LogP contribution in [-0.4, -0.2) is 23.9 Å². The molecule has 1 atom stereocenters. The third-order valence-corrected chi connectivity index (χ3v) is 4.76. The second-order valence-corrected chi connectivity index (χ2v) is 6.30. The van der Waals surface area contributed by atoms with Crippen molar-refractivity contribution >= 4 is 22.9 Å². The minimum Gasteiger partial charge on any atom is -0.322 e. The number of anilines is 1. The molecule has 0 bridgehead atoms. The number of hydrogen-bond donors (Lipinski definition) is 1. The average molecular weight is 322 g/mol. The lowest BCUT2D eigenvalue weighted by atomic mass is 10.2. The molecule has 2 aromatic rings. The summed E-state index contributed by atoms with van der Waals surface area (Å²) in [4.78, 5) is 15.5. The van der Waals surface area contributed by atoms with E-state index in [0.29, 0.717) is 0 Å². The van der Waals surface area contributed by atoms with Gasteiger partial charge in [-0.1, -0.05) is 6.07 Å². The number of likely N-dealkylation sites (tertiary alicyclic amines) is 1. The largest absolute Gasteiger partial charge is 0.322 e. The molecule has 0 saturated carbocycles. The van der Waals surface area contributed by atoms with Crippen LogP contribution >= 0.6 is 11.3 Å². The fourth-order valence-corrected chi connectivity index (χ4v) is 3.68. The van der Waals surface area contributed by atoms with Crippen molar-refractivity contribution in [2.75, 3.05) is 18.4 Å². The predicted molar refractivity (Wildman–Crippen MR) is 82.9 cm³/mol. The van der Waals surface area contributed by atoms with Gasteiger partial charge in [0, 0.05) is 17.0 Å². The Morgan fingerprint density at radius 3 is 2.95 bits per heavy atom. The summed E-state index contributed by atoms with van der Waals surface area (Å²) >= 11 is 1.68. The highest BCUT2D eigenvalue weighted by atomic mass is 32.1. The van der Waals surface area contributed by atoms with Crippen molar-refractivity contribution in [2.45, 2.75) is 18.9 Å². The predicted octanol–water partition coefficient (Wildman–Crippen LogP) is 3.80. The maximum Gasteiger partial charge on any atom is 0.238 e. The SMILES string of the molecule is O=C(CN1CCC[C@H]1c1cccs1)Nc1ccc(F)cc1F. The monoisotopic (exact) mass is 322 g/mol. The molecule has 1 aliphatic heterocycles. The fraction of sp³-hybridized carbons (Fsp3) is 0.312. The van der Waals surface area contributed by atoms with Gasteiger partial charge in [0.05, 0.1) is 12.2 Å². The second-order valence-electron chi connectivity index (χ2n) is 5.32. The van der Waals surface area contributed by atoms with E-state index in [1.165, 1.54) is 10.9 Å². The molecule has 2 heterocycles. The lowest BCUT2D eigenvalue weighted by Gasteiger charge is -2.22. The topological polar surface area (TPSA) is 32.3 Å². The highest BCUT2D eigenvalue weighted by Crippen LogP contribution is 2.34. The van der Waals surface area contributed by atoms with Gasteiger partial charge in [0.15, 0.2) is 0 Å². The van der Waals surface area contributed by atoms with Gasteiger partial charge in [0.25, 0.3) is 0 Å². The van der Waals surface area contributed by atoms with Crippen molar-refractivity contribution in [3.63, 3.8) is 0 Å². The molecule has 1 aromatic carbocycles. The Balaban J connectivity index is 1.64. The first-order valence-corrected chi connectivity index (χ1v) is 8.04. The van der Waals surface area contributed by atoms with Crippen molar-refractivity contribution in [3.05, 3.63) is 52.2 Å². The Bertz CT molecular complexity index is 660. The third-order valence-electron chi connectivity index (χ3n) is 3.79. The van der Waals surface area contributed by atoms with Crippen LogP contribution in [0, 0.1) is 11.6 Å². The fourth-order valence-electron chi connectivity index (χ4n) is 2.78. The van der Waals surface area contributed by atoms with Crippen LogP contribution in [0.15, 0.2) is 35.7 Å². The average Bonchev–Trinajstić information content (AvgIpc) is 3.12. The zero-order chi connectivity index (χ0) is 15.5. The van der Waals surface area contributed by atoms with Crippen molar-refractivity contribution in [1.82, 2.24) is 4.90 Å². The first-order chi connectivity index (χ1) is 10.6. The summed E-state index contributed by atoms with van der Waals surface area (Å²) in [5.74, 6) is -1.70. The van der Waals surface area contributed by atoms with E-state index < -0.39 is 11.6 Å². The van der Waals surface area contributed by atoms with Crippen LogP contribution in [0.1, 0.15) is 23.8 Å². The highest BCUT2D eigenvalue weighted by Gasteiger charge is 2.28. The smallest absolute Gasteiger partial charge is 0.238 e. The van der Waals surface area contributed by atoms with Gasteiger partial charge in [0.2, 0.25) is 5.91 Å². The maximum atomic E-state index is 13.6. The summed E-state index contributed by atoms with van der Waals surface area (Å²) in [5, 5.41) is 4.54. The van der Waals surface area contributed by atoms with E-state index in [-0.39, 0.29) is 24.2 Å². The van der Waals surface area contributed by atoms with Crippen LogP contribution < -0.4 is 5.32 Å². The summed E-state index contributed by atoms with van der Waals surface area (Å²) in [5.41, 5.74) is 0.0123. The van der Waals surface area contributed by atoms with E-state index in [2.05, 4.69) is 16.3 Å². The van der Waals surface area contributed by atoms with Gasteiger partial charge in [-0.15, -0.1) is 11.3 Å². The number of nitrogens with zero attached hydrogens (tertiary/aromatic N) is 1. The molecule has 6 heteroatoms. The van der Waals surface area contributed by atoms with E-state index >= 15 is 0 Å². The molecule has 0 aliphatic carbocycles. The Morgan fingerprint density at radius 1 is 1.36 bits per heavy atom. The number of amides is 1. The molecular weight excluding hydrogens is 306 g/mol. The summed E-state index contributed by atoms with van der Waals surface area (Å²) in [6, 6.07) is 7.46. The van der Waals surface area contributed by atoms with Crippen molar-refractivity contribution in [3.8, 4) is 0 Å². The van der Waals surface area contributed by atoms with Crippen LogP contribution in [0.5, 0.6) is 0 Å². The number of thiophene rings is 1. The van der Waals surface area contributed by atoms with Gasteiger partial charge < -0.3 is 5.32 Å². The number of carbonyl (C=O) groups excluding carboxylic acids is 1. The lowest BCUT2D eigenvalue weighted by molar-refractivity contribution is -0.117. The first kappa shape index (κ1) is 15.1. The molecule has 1 aliphatic rings. The molecule has 22 heavy (non-hydrogen) atoms. The Morgan fingerprint density at radius 2 is 2.23 bits per heavy atom. The van der Waals surface area contributed by atoms with E-state index in [1.54, 1.807) is 11.3 Å². The van der Waals surface area contributed by atoms with Gasteiger partial charge in [-0.2, -0.15) is 0 Å². The third kappa shape index (κ3) is 3.34. The maximum absolute atomic E-state index is 13.6. The standard InChI is InChI=1S/C16H16F2N2OS/c17-11-5-6-13(12(18)9-11)19-16(21)10-20-7-1-3-14(20)15-4-2-8-22-15/h2,4-6,8-9,14H,1,3,7,10H2,(H,19,21)/t14-/m0/s1. The molecule has 0 radical (unpaired) electrons. The van der Waals surface area contributed by atoms with Gasteiger partial charge in [-0.05, 0) is 43.0 Å². The molecule has 1 aromatic heterocycles. The van der Waals surface area contributed by atoms with Crippen LogP contribution in [0.2, 0.25) is 0 Å². The van der Waals surface area contributed by atoms with Gasteiger partial charge in [0.1, 0.15) is 11.6 Å². The number of halogens is 2. The van der Waals surface area contributed by atoms with E-state index in [1.807, 2.05) is 11.4 Å².